The Hall–Kier alpha value is -2.33. The molecule has 0 spiro atoms. The molecule has 7 heteroatoms. The minimum atomic E-state index is -0.337. The van der Waals surface area contributed by atoms with Crippen LogP contribution in [-0.4, -0.2) is 26.3 Å². The summed E-state index contributed by atoms with van der Waals surface area (Å²) in [5.41, 5.74) is 1.11. The Morgan fingerprint density at radius 3 is 3.00 bits per heavy atom. The average Bonchev–Trinajstić information content (AvgIpc) is 2.84. The molecular weight excluding hydrogens is 274 g/mol. The second-order valence-electron chi connectivity index (χ2n) is 4.15. The molecule has 2 N–H and O–H groups in total. The first-order chi connectivity index (χ1) is 9.58. The molecule has 2 rings (SSSR count). The van der Waals surface area contributed by atoms with Crippen LogP contribution in [0.25, 0.3) is 0 Å². The summed E-state index contributed by atoms with van der Waals surface area (Å²) in [7, 11) is 0. The summed E-state index contributed by atoms with van der Waals surface area (Å²) in [6, 6.07) is 8.82. The zero-order valence-corrected chi connectivity index (χ0v) is 11.9. The number of nitriles is 1. The molecule has 0 bridgehead atoms. The van der Waals surface area contributed by atoms with E-state index in [0.29, 0.717) is 22.2 Å². The number of carbonyl (C=O) groups is 1. The molecule has 102 valence electrons. The fraction of sp³-hybridized carbons (Fsp3) is 0.231. The molecule has 20 heavy (non-hydrogen) atoms. The Kier molecular flexibility index (Phi) is 4.38. The van der Waals surface area contributed by atoms with E-state index in [1.807, 2.05) is 6.07 Å². The Balaban J connectivity index is 1.98. The molecule has 0 aliphatic rings. The SMILES string of the molecule is Cc1nc(SC(C)C(=O)Nc2cccc(C#N)c2)n[nH]1. The van der Waals surface area contributed by atoms with E-state index in [0.717, 1.165) is 0 Å². The zero-order valence-electron chi connectivity index (χ0n) is 11.0. The van der Waals surface area contributed by atoms with Crippen molar-refractivity contribution in [1.82, 2.24) is 15.2 Å². The molecule has 0 aliphatic carbocycles. The van der Waals surface area contributed by atoms with Crippen LogP contribution in [0.4, 0.5) is 5.69 Å². The number of carbonyl (C=O) groups excluding carboxylic acids is 1. The van der Waals surface area contributed by atoms with Crippen molar-refractivity contribution < 1.29 is 4.79 Å². The van der Waals surface area contributed by atoms with Crippen molar-refractivity contribution in [2.45, 2.75) is 24.3 Å². The van der Waals surface area contributed by atoms with E-state index in [1.54, 1.807) is 38.1 Å². The predicted octanol–water partition coefficient (Wildman–Crippen LogP) is 2.10. The van der Waals surface area contributed by atoms with Gasteiger partial charge in [0.05, 0.1) is 16.9 Å². The highest BCUT2D eigenvalue weighted by Crippen LogP contribution is 2.20. The normalized spacial score (nSPS) is 11.7. The van der Waals surface area contributed by atoms with Crippen LogP contribution in [0.1, 0.15) is 18.3 Å². The molecule has 0 saturated carbocycles. The van der Waals surface area contributed by atoms with E-state index in [2.05, 4.69) is 20.5 Å². The van der Waals surface area contributed by atoms with Crippen molar-refractivity contribution in [3.8, 4) is 6.07 Å². The summed E-state index contributed by atoms with van der Waals surface area (Å²) in [5, 5.41) is 18.5. The van der Waals surface area contributed by atoms with Gasteiger partial charge in [0.25, 0.3) is 0 Å². The van der Waals surface area contributed by atoms with Gasteiger partial charge in [-0.15, -0.1) is 5.10 Å². The van der Waals surface area contributed by atoms with Crippen molar-refractivity contribution in [2.75, 3.05) is 5.32 Å². The van der Waals surface area contributed by atoms with Gasteiger partial charge in [0.2, 0.25) is 11.1 Å². The van der Waals surface area contributed by atoms with Crippen molar-refractivity contribution in [2.24, 2.45) is 0 Å². The molecule has 1 aromatic carbocycles. The van der Waals surface area contributed by atoms with Crippen LogP contribution < -0.4 is 5.32 Å². The Bertz CT molecular complexity index is 661. The summed E-state index contributed by atoms with van der Waals surface area (Å²) in [4.78, 5) is 16.2. The quantitative estimate of drug-likeness (QED) is 0.840. The third-order valence-electron chi connectivity index (χ3n) is 2.49. The van der Waals surface area contributed by atoms with Crippen molar-refractivity contribution >= 4 is 23.4 Å². The fourth-order valence-corrected chi connectivity index (χ4v) is 2.27. The van der Waals surface area contributed by atoms with Crippen molar-refractivity contribution in [3.05, 3.63) is 35.7 Å². The molecule has 1 atom stereocenters. The molecule has 6 nitrogen and oxygen atoms in total. The first kappa shape index (κ1) is 14.1. The maximum absolute atomic E-state index is 12.0. The van der Waals surface area contributed by atoms with E-state index in [1.165, 1.54) is 11.8 Å². The highest BCUT2D eigenvalue weighted by molar-refractivity contribution is 8.00. The lowest BCUT2D eigenvalue weighted by Gasteiger charge is -2.10. The van der Waals surface area contributed by atoms with Gasteiger partial charge < -0.3 is 5.32 Å². The maximum Gasteiger partial charge on any atom is 0.237 e. The molecule has 0 saturated heterocycles. The third kappa shape index (κ3) is 3.59. The standard InChI is InChI=1S/C13H13N5OS/c1-8(20-13-15-9(2)17-18-13)12(19)16-11-5-3-4-10(6-11)7-14/h3-6,8H,1-2H3,(H,16,19)(H,15,17,18). The summed E-state index contributed by atoms with van der Waals surface area (Å²) in [5.74, 6) is 0.550. The third-order valence-corrected chi connectivity index (χ3v) is 3.45. The lowest BCUT2D eigenvalue weighted by Crippen LogP contribution is -2.22. The van der Waals surface area contributed by atoms with Gasteiger partial charge in [0.15, 0.2) is 0 Å². The minimum absolute atomic E-state index is 0.160. The molecule has 0 radical (unpaired) electrons. The van der Waals surface area contributed by atoms with Gasteiger partial charge >= 0.3 is 0 Å². The van der Waals surface area contributed by atoms with E-state index in [4.69, 9.17) is 5.26 Å². The second kappa shape index (κ2) is 6.21. The number of H-pyrrole nitrogens is 1. The Morgan fingerprint density at radius 2 is 2.35 bits per heavy atom. The zero-order chi connectivity index (χ0) is 14.5. The number of amides is 1. The van der Waals surface area contributed by atoms with Crippen LogP contribution in [0.2, 0.25) is 0 Å². The van der Waals surface area contributed by atoms with Crippen molar-refractivity contribution in [1.29, 1.82) is 5.26 Å². The monoisotopic (exact) mass is 287 g/mol. The van der Waals surface area contributed by atoms with Gasteiger partial charge in [0, 0.05) is 5.69 Å². The average molecular weight is 287 g/mol. The topological polar surface area (TPSA) is 94.5 Å². The molecule has 1 heterocycles. The first-order valence-corrected chi connectivity index (χ1v) is 6.83. The van der Waals surface area contributed by atoms with Gasteiger partial charge in [-0.25, -0.2) is 4.98 Å². The molecule has 1 amide bonds. The lowest BCUT2D eigenvalue weighted by atomic mass is 10.2. The lowest BCUT2D eigenvalue weighted by molar-refractivity contribution is -0.115. The number of anilines is 1. The van der Waals surface area contributed by atoms with E-state index in [9.17, 15) is 4.79 Å². The molecule has 1 aromatic heterocycles. The van der Waals surface area contributed by atoms with E-state index < -0.39 is 0 Å². The largest absolute Gasteiger partial charge is 0.325 e. The second-order valence-corrected chi connectivity index (χ2v) is 5.45. The Labute approximate surface area is 120 Å². The summed E-state index contributed by atoms with van der Waals surface area (Å²) < 4.78 is 0. The smallest absolute Gasteiger partial charge is 0.237 e. The number of aromatic nitrogens is 3. The van der Waals surface area contributed by atoms with Gasteiger partial charge in [-0.3, -0.25) is 9.89 Å². The van der Waals surface area contributed by atoms with Gasteiger partial charge in [-0.1, -0.05) is 17.8 Å². The number of hydrogen-bond acceptors (Lipinski definition) is 5. The highest BCUT2D eigenvalue weighted by atomic mass is 32.2. The number of nitrogens with one attached hydrogen (secondary N) is 2. The van der Waals surface area contributed by atoms with Gasteiger partial charge in [-0.05, 0) is 32.0 Å². The number of thioether (sulfide) groups is 1. The Morgan fingerprint density at radius 1 is 1.55 bits per heavy atom. The molecule has 1 unspecified atom stereocenters. The molecular formula is C13H13N5OS. The van der Waals surface area contributed by atoms with E-state index >= 15 is 0 Å². The van der Waals surface area contributed by atoms with Crippen LogP contribution in [0, 0.1) is 18.3 Å². The van der Waals surface area contributed by atoms with Crippen LogP contribution >= 0.6 is 11.8 Å². The van der Waals surface area contributed by atoms with E-state index in [-0.39, 0.29) is 11.2 Å². The summed E-state index contributed by atoms with van der Waals surface area (Å²) in [6.45, 7) is 3.58. The van der Waals surface area contributed by atoms with Crippen LogP contribution in [0.15, 0.2) is 29.4 Å². The molecule has 2 aromatic rings. The number of benzene rings is 1. The highest BCUT2D eigenvalue weighted by Gasteiger charge is 2.16. The number of hydrogen-bond donors (Lipinski definition) is 2. The number of nitrogens with zero attached hydrogens (tertiary/aromatic N) is 3. The first-order valence-electron chi connectivity index (χ1n) is 5.95. The maximum atomic E-state index is 12.0. The number of aromatic amines is 1. The predicted molar refractivity (Wildman–Crippen MR) is 76.2 cm³/mol. The van der Waals surface area contributed by atoms with Crippen LogP contribution in [0.5, 0.6) is 0 Å². The molecule has 0 fully saturated rings. The number of rotatable bonds is 4. The number of aryl methyl sites for hydroxylation is 1. The molecule has 0 aliphatic heterocycles. The van der Waals surface area contributed by atoms with Crippen LogP contribution in [0.3, 0.4) is 0 Å². The fourth-order valence-electron chi connectivity index (χ4n) is 1.50. The minimum Gasteiger partial charge on any atom is -0.325 e. The van der Waals surface area contributed by atoms with Gasteiger partial charge in [-0.2, -0.15) is 5.26 Å². The van der Waals surface area contributed by atoms with Crippen molar-refractivity contribution in [3.63, 3.8) is 0 Å². The van der Waals surface area contributed by atoms with Crippen LogP contribution in [-0.2, 0) is 4.79 Å². The summed E-state index contributed by atoms with van der Waals surface area (Å²) in [6.07, 6.45) is 0. The van der Waals surface area contributed by atoms with Gasteiger partial charge in [0.1, 0.15) is 5.82 Å². The summed E-state index contributed by atoms with van der Waals surface area (Å²) >= 11 is 1.27.